The fourth-order valence-corrected chi connectivity index (χ4v) is 6.85. The van der Waals surface area contributed by atoms with Gasteiger partial charge in [0.15, 0.2) is 0 Å². The van der Waals surface area contributed by atoms with Crippen LogP contribution in [0.2, 0.25) is 0 Å². The first kappa shape index (κ1) is 27.5. The third kappa shape index (κ3) is 7.11. The molecule has 3 fully saturated rings. The van der Waals surface area contributed by atoms with E-state index in [0.717, 1.165) is 90.6 Å². The summed E-state index contributed by atoms with van der Waals surface area (Å²) in [4.78, 5) is 18.7. The van der Waals surface area contributed by atoms with Crippen LogP contribution in [0, 0.1) is 23.1 Å². The first-order valence-corrected chi connectivity index (χ1v) is 16.0. The van der Waals surface area contributed by atoms with Gasteiger partial charge in [0, 0.05) is 63.5 Å². The maximum atomic E-state index is 13.0. The Balaban J connectivity index is 0.000000186. The van der Waals surface area contributed by atoms with E-state index in [-0.39, 0.29) is 17.6 Å². The summed E-state index contributed by atoms with van der Waals surface area (Å²) in [7, 11) is -0.660. The third-order valence-electron chi connectivity index (χ3n) is 7.60. The highest BCUT2D eigenvalue weighted by atomic mass is 32.2. The number of rotatable bonds is 5. The molecule has 1 aromatic heterocycles. The number of thiazole rings is 1. The Kier molecular flexibility index (Phi) is 8.73. The summed E-state index contributed by atoms with van der Waals surface area (Å²) >= 11 is 1.56. The molecule has 0 radical (unpaired) electrons. The lowest BCUT2D eigenvalue weighted by molar-refractivity contribution is -0.126. The lowest BCUT2D eigenvalue weighted by atomic mass is 9.88. The number of anilines is 1. The number of carbonyl (C=O) groups is 1. The second kappa shape index (κ2) is 12.4. The van der Waals surface area contributed by atoms with Gasteiger partial charge in [-0.3, -0.25) is 9.00 Å². The van der Waals surface area contributed by atoms with Crippen LogP contribution in [0.1, 0.15) is 44.9 Å². The Bertz CT molecular complexity index is 1330. The van der Waals surface area contributed by atoms with E-state index in [1.54, 1.807) is 23.5 Å². The summed E-state index contributed by atoms with van der Waals surface area (Å²) in [6.45, 7) is 1.69. The van der Waals surface area contributed by atoms with Crippen LogP contribution in [0.4, 0.5) is 10.1 Å². The minimum absolute atomic E-state index is 0.115. The van der Waals surface area contributed by atoms with E-state index in [9.17, 15) is 13.4 Å². The number of nitrogens with zero attached hydrogens (tertiary/aromatic N) is 3. The van der Waals surface area contributed by atoms with Gasteiger partial charge in [-0.2, -0.15) is 5.26 Å². The Morgan fingerprint density at radius 1 is 1.03 bits per heavy atom. The number of aromatic nitrogens is 1. The summed E-state index contributed by atoms with van der Waals surface area (Å²) in [5, 5.41) is 14.6. The van der Waals surface area contributed by atoms with Gasteiger partial charge in [-0.05, 0) is 62.1 Å². The largest absolute Gasteiger partial charge is 0.370 e. The molecule has 0 spiro atoms. The van der Waals surface area contributed by atoms with E-state index in [0.29, 0.717) is 0 Å². The second-order valence-corrected chi connectivity index (χ2v) is 13.0. The molecule has 1 saturated heterocycles. The molecule has 6 rings (SSSR count). The van der Waals surface area contributed by atoms with Crippen LogP contribution >= 0.6 is 11.3 Å². The number of hydrogen-bond acceptors (Lipinski definition) is 6. The lowest BCUT2D eigenvalue weighted by Crippen LogP contribution is -2.40. The van der Waals surface area contributed by atoms with Crippen LogP contribution in [0.15, 0.2) is 53.9 Å². The van der Waals surface area contributed by atoms with E-state index in [4.69, 9.17) is 5.26 Å². The molecule has 1 amide bonds. The zero-order valence-electron chi connectivity index (χ0n) is 21.9. The Morgan fingerprint density at radius 2 is 1.67 bits per heavy atom. The van der Waals surface area contributed by atoms with Gasteiger partial charge in [0.1, 0.15) is 16.4 Å². The molecule has 3 aromatic rings. The van der Waals surface area contributed by atoms with E-state index < -0.39 is 16.3 Å². The molecule has 1 aliphatic heterocycles. The Morgan fingerprint density at radius 3 is 2.28 bits per heavy atom. The summed E-state index contributed by atoms with van der Waals surface area (Å²) in [6.07, 6.45) is 7.27. The predicted molar refractivity (Wildman–Crippen MR) is 155 cm³/mol. The van der Waals surface area contributed by atoms with Gasteiger partial charge in [0.05, 0.1) is 11.8 Å². The van der Waals surface area contributed by atoms with Gasteiger partial charge in [-0.1, -0.05) is 31.4 Å². The van der Waals surface area contributed by atoms with Gasteiger partial charge in [-0.25, -0.2) is 9.37 Å². The number of carbonyl (C=O) groups excluding carboxylic acids is 1. The molecule has 0 unspecified atom stereocenters. The average Bonchev–Trinajstić information content (AvgIpc) is 3.58. The van der Waals surface area contributed by atoms with Gasteiger partial charge >= 0.3 is 0 Å². The molecular weight excluding hydrogens is 531 g/mol. The van der Waals surface area contributed by atoms with Crippen LogP contribution in [0.5, 0.6) is 0 Å². The number of amides is 1. The van der Waals surface area contributed by atoms with Crippen molar-refractivity contribution in [2.75, 3.05) is 29.5 Å². The highest BCUT2D eigenvalue weighted by Gasteiger charge is 2.45. The Hall–Kier alpha value is -3.09. The standard InChI is InChI=1S/C19H17FN2OS2.C11H16N2O/c20-16-5-1-15(2-6-16)19-21-18(13-24-19)14-3-7-17(8-4-14)22-9-11-25(23)12-10-22;12-8-11(6-7-11)13-10(14)9-4-2-1-3-5-9/h1-8,13H,9-12H2;9H,1-7H2,(H,13,14). The van der Waals surface area contributed by atoms with Crippen molar-refractivity contribution in [3.8, 4) is 27.9 Å². The van der Waals surface area contributed by atoms with E-state index in [2.05, 4.69) is 45.5 Å². The average molecular weight is 565 g/mol. The zero-order valence-corrected chi connectivity index (χ0v) is 23.5. The third-order valence-corrected chi connectivity index (χ3v) is 9.77. The molecular formula is C30H33FN4O2S2. The topological polar surface area (TPSA) is 86.1 Å². The van der Waals surface area contributed by atoms with Crippen molar-refractivity contribution in [3.05, 3.63) is 59.7 Å². The molecule has 1 N–H and O–H groups in total. The molecule has 2 heterocycles. The molecule has 6 nitrogen and oxygen atoms in total. The first-order chi connectivity index (χ1) is 18.9. The summed E-state index contributed by atoms with van der Waals surface area (Å²) in [5.74, 6) is 1.54. The number of halogens is 1. The van der Waals surface area contributed by atoms with Crippen LogP contribution in [-0.2, 0) is 15.6 Å². The van der Waals surface area contributed by atoms with Crippen molar-refractivity contribution in [1.29, 1.82) is 5.26 Å². The molecule has 9 heteroatoms. The zero-order chi connectivity index (χ0) is 27.2. The Labute approximate surface area is 235 Å². The minimum atomic E-state index is -0.660. The monoisotopic (exact) mass is 564 g/mol. The minimum Gasteiger partial charge on any atom is -0.370 e. The molecule has 2 aliphatic carbocycles. The summed E-state index contributed by atoms with van der Waals surface area (Å²) < 4.78 is 24.5. The number of hydrogen-bond donors (Lipinski definition) is 1. The fraction of sp³-hybridized carbons (Fsp3) is 0.433. The normalized spacial score (nSPS) is 18.9. The highest BCUT2D eigenvalue weighted by Crippen LogP contribution is 2.35. The lowest BCUT2D eigenvalue weighted by Gasteiger charge is -2.28. The maximum Gasteiger partial charge on any atom is 0.224 e. The van der Waals surface area contributed by atoms with Gasteiger partial charge in [-0.15, -0.1) is 11.3 Å². The van der Waals surface area contributed by atoms with E-state index >= 15 is 0 Å². The predicted octanol–water partition coefficient (Wildman–Crippen LogP) is 5.92. The van der Waals surface area contributed by atoms with Gasteiger partial charge in [0.25, 0.3) is 0 Å². The summed E-state index contributed by atoms with van der Waals surface area (Å²) in [5.41, 5.74) is 3.60. The molecule has 2 saturated carbocycles. The molecule has 0 atom stereocenters. The van der Waals surface area contributed by atoms with Crippen molar-refractivity contribution in [2.24, 2.45) is 5.92 Å². The molecule has 0 bridgehead atoms. The second-order valence-electron chi connectivity index (χ2n) is 10.4. The molecule has 2 aromatic carbocycles. The number of nitrogens with one attached hydrogen (secondary N) is 1. The van der Waals surface area contributed by atoms with Crippen LogP contribution < -0.4 is 10.2 Å². The quantitative estimate of drug-likeness (QED) is 0.416. The van der Waals surface area contributed by atoms with Gasteiger partial charge < -0.3 is 10.2 Å². The SMILES string of the molecule is N#CC1(NC(=O)C2CCCCC2)CC1.O=S1CCN(c2ccc(-c3csc(-c4ccc(F)cc4)n3)cc2)CC1. The molecule has 3 aliphatic rings. The molecule has 204 valence electrons. The maximum absolute atomic E-state index is 13.0. The fourth-order valence-electron chi connectivity index (χ4n) is 4.96. The number of benzene rings is 2. The van der Waals surface area contributed by atoms with Crippen molar-refractivity contribution in [3.63, 3.8) is 0 Å². The first-order valence-electron chi connectivity index (χ1n) is 13.6. The smallest absolute Gasteiger partial charge is 0.224 e. The molecule has 39 heavy (non-hydrogen) atoms. The van der Waals surface area contributed by atoms with Crippen molar-refractivity contribution >= 4 is 33.7 Å². The number of nitriles is 1. The summed E-state index contributed by atoms with van der Waals surface area (Å²) in [6, 6.07) is 16.9. The van der Waals surface area contributed by atoms with E-state index in [1.165, 1.54) is 18.6 Å². The van der Waals surface area contributed by atoms with E-state index in [1.807, 2.05) is 5.38 Å². The van der Waals surface area contributed by atoms with Crippen LogP contribution in [0.25, 0.3) is 21.8 Å². The highest BCUT2D eigenvalue weighted by molar-refractivity contribution is 7.85. The van der Waals surface area contributed by atoms with Crippen molar-refractivity contribution in [1.82, 2.24) is 10.3 Å². The van der Waals surface area contributed by atoms with Crippen LogP contribution in [0.3, 0.4) is 0 Å². The van der Waals surface area contributed by atoms with Crippen molar-refractivity contribution < 1.29 is 13.4 Å². The van der Waals surface area contributed by atoms with Gasteiger partial charge in [0.2, 0.25) is 5.91 Å². The van der Waals surface area contributed by atoms with Crippen molar-refractivity contribution in [2.45, 2.75) is 50.5 Å². The van der Waals surface area contributed by atoms with Crippen LogP contribution in [-0.4, -0.2) is 45.2 Å².